The highest BCUT2D eigenvalue weighted by Gasteiger charge is 2.04. The molecule has 5 heteroatoms. The van der Waals surface area contributed by atoms with Crippen molar-refractivity contribution in [1.82, 2.24) is 0 Å². The average Bonchev–Trinajstić information content (AvgIpc) is 2.48. The highest BCUT2D eigenvalue weighted by atomic mass is 127. The van der Waals surface area contributed by atoms with Crippen molar-refractivity contribution in [1.29, 1.82) is 0 Å². The molecular weight excluding hydrogens is 457 g/mol. The SMILES string of the molecule is Cc1ccc(OCCCC(=O)Nc2ccc(I)cc2)c(Br)c1. The molecule has 2 aromatic carbocycles. The number of rotatable bonds is 6. The number of carbonyl (C=O) groups is 1. The van der Waals surface area contributed by atoms with Gasteiger partial charge in [-0.2, -0.15) is 0 Å². The molecule has 0 radical (unpaired) electrons. The molecule has 116 valence electrons. The number of hydrogen-bond donors (Lipinski definition) is 1. The van der Waals surface area contributed by atoms with Crippen LogP contribution in [0.4, 0.5) is 5.69 Å². The van der Waals surface area contributed by atoms with Gasteiger partial charge in [-0.1, -0.05) is 6.07 Å². The van der Waals surface area contributed by atoms with Gasteiger partial charge in [0.2, 0.25) is 5.91 Å². The summed E-state index contributed by atoms with van der Waals surface area (Å²) in [5, 5.41) is 2.88. The number of nitrogens with one attached hydrogen (secondary N) is 1. The number of carbonyl (C=O) groups excluding carboxylic acids is 1. The predicted octanol–water partition coefficient (Wildman–Crippen LogP) is 5.16. The van der Waals surface area contributed by atoms with E-state index in [1.165, 1.54) is 5.56 Å². The van der Waals surface area contributed by atoms with Crippen LogP contribution in [0.3, 0.4) is 0 Å². The standard InChI is InChI=1S/C17H17BrINO2/c1-12-4-9-16(15(18)11-12)22-10-2-3-17(21)20-14-7-5-13(19)6-8-14/h4-9,11H,2-3,10H2,1H3,(H,20,21). The van der Waals surface area contributed by atoms with E-state index in [-0.39, 0.29) is 5.91 Å². The number of halogens is 2. The fraction of sp³-hybridized carbons (Fsp3) is 0.235. The van der Waals surface area contributed by atoms with E-state index >= 15 is 0 Å². The average molecular weight is 474 g/mol. The summed E-state index contributed by atoms with van der Waals surface area (Å²) in [7, 11) is 0. The quantitative estimate of drug-likeness (QED) is 0.464. The van der Waals surface area contributed by atoms with Crippen molar-refractivity contribution in [3.05, 3.63) is 56.1 Å². The summed E-state index contributed by atoms with van der Waals surface area (Å²) in [5.74, 6) is 0.816. The van der Waals surface area contributed by atoms with E-state index in [4.69, 9.17) is 4.74 Å². The Balaban J connectivity index is 1.72. The van der Waals surface area contributed by atoms with Crippen molar-refractivity contribution in [2.75, 3.05) is 11.9 Å². The lowest BCUT2D eigenvalue weighted by Gasteiger charge is -2.09. The third kappa shape index (κ3) is 5.61. The van der Waals surface area contributed by atoms with Crippen LogP contribution >= 0.6 is 38.5 Å². The number of anilines is 1. The fourth-order valence-electron chi connectivity index (χ4n) is 1.89. The van der Waals surface area contributed by atoms with E-state index < -0.39 is 0 Å². The maximum atomic E-state index is 11.8. The van der Waals surface area contributed by atoms with Crippen LogP contribution in [0.25, 0.3) is 0 Å². The molecule has 2 rings (SSSR count). The smallest absolute Gasteiger partial charge is 0.224 e. The summed E-state index contributed by atoms with van der Waals surface area (Å²) in [6, 6.07) is 13.7. The van der Waals surface area contributed by atoms with Crippen molar-refractivity contribution < 1.29 is 9.53 Å². The molecular formula is C17H17BrINO2. The van der Waals surface area contributed by atoms with Crippen molar-refractivity contribution in [2.45, 2.75) is 19.8 Å². The van der Waals surface area contributed by atoms with Gasteiger partial charge in [0.1, 0.15) is 5.75 Å². The molecule has 22 heavy (non-hydrogen) atoms. The molecule has 3 nitrogen and oxygen atoms in total. The van der Waals surface area contributed by atoms with E-state index in [2.05, 4.69) is 43.8 Å². The lowest BCUT2D eigenvalue weighted by molar-refractivity contribution is -0.116. The molecule has 0 saturated heterocycles. The third-order valence-electron chi connectivity index (χ3n) is 3.02. The Morgan fingerprint density at radius 1 is 1.23 bits per heavy atom. The molecule has 0 aliphatic rings. The first-order valence-corrected chi connectivity index (χ1v) is 8.86. The van der Waals surface area contributed by atoms with Crippen molar-refractivity contribution in [2.24, 2.45) is 0 Å². The third-order valence-corrected chi connectivity index (χ3v) is 4.36. The molecule has 0 unspecified atom stereocenters. The van der Waals surface area contributed by atoms with Crippen molar-refractivity contribution in [3.63, 3.8) is 0 Å². The summed E-state index contributed by atoms with van der Waals surface area (Å²) < 4.78 is 7.77. The monoisotopic (exact) mass is 473 g/mol. The lowest BCUT2D eigenvalue weighted by Crippen LogP contribution is -2.12. The molecule has 0 spiro atoms. The van der Waals surface area contributed by atoms with Gasteiger partial charge in [-0.3, -0.25) is 4.79 Å². The maximum Gasteiger partial charge on any atom is 0.224 e. The summed E-state index contributed by atoms with van der Waals surface area (Å²) >= 11 is 5.71. The van der Waals surface area contributed by atoms with Gasteiger partial charge < -0.3 is 10.1 Å². The van der Waals surface area contributed by atoms with Crippen LogP contribution in [0, 0.1) is 10.5 Å². The lowest BCUT2D eigenvalue weighted by atomic mass is 10.2. The topological polar surface area (TPSA) is 38.3 Å². The minimum Gasteiger partial charge on any atom is -0.492 e. The summed E-state index contributed by atoms with van der Waals surface area (Å²) in [4.78, 5) is 11.8. The van der Waals surface area contributed by atoms with Crippen LogP contribution in [0.15, 0.2) is 46.9 Å². The summed E-state index contributed by atoms with van der Waals surface area (Å²) in [5.41, 5.74) is 2.00. The van der Waals surface area contributed by atoms with Crippen LogP contribution in [0.1, 0.15) is 18.4 Å². The Hall–Kier alpha value is -1.08. The van der Waals surface area contributed by atoms with Gasteiger partial charge in [0.25, 0.3) is 0 Å². The number of ether oxygens (including phenoxy) is 1. The van der Waals surface area contributed by atoms with Gasteiger partial charge in [0.05, 0.1) is 11.1 Å². The Morgan fingerprint density at radius 2 is 1.95 bits per heavy atom. The van der Waals surface area contributed by atoms with E-state index in [9.17, 15) is 4.79 Å². The maximum absolute atomic E-state index is 11.8. The molecule has 0 aromatic heterocycles. The molecule has 0 aliphatic carbocycles. The van der Waals surface area contributed by atoms with Gasteiger partial charge in [0, 0.05) is 15.7 Å². The highest BCUT2D eigenvalue weighted by Crippen LogP contribution is 2.25. The van der Waals surface area contributed by atoms with Crippen molar-refractivity contribution >= 4 is 50.1 Å². The zero-order chi connectivity index (χ0) is 15.9. The molecule has 1 N–H and O–H groups in total. The first-order valence-electron chi connectivity index (χ1n) is 6.99. The minimum absolute atomic E-state index is 0.00720. The first kappa shape index (κ1) is 17.3. The molecule has 1 amide bonds. The van der Waals surface area contributed by atoms with Crippen LogP contribution in [0.5, 0.6) is 5.75 Å². The Labute approximate surface area is 152 Å². The molecule has 0 fully saturated rings. The summed E-state index contributed by atoms with van der Waals surface area (Å²) in [6.07, 6.45) is 1.12. The molecule has 0 atom stereocenters. The van der Waals surface area contributed by atoms with Gasteiger partial charge in [-0.25, -0.2) is 0 Å². The zero-order valence-corrected chi connectivity index (χ0v) is 16.0. The van der Waals surface area contributed by atoms with Gasteiger partial charge in [-0.05, 0) is 93.8 Å². The first-order chi connectivity index (χ1) is 10.5. The van der Waals surface area contributed by atoms with Crippen LogP contribution in [-0.2, 0) is 4.79 Å². The van der Waals surface area contributed by atoms with Crippen LogP contribution < -0.4 is 10.1 Å². The number of hydrogen-bond acceptors (Lipinski definition) is 2. The second-order valence-corrected chi connectivity index (χ2v) is 7.04. The Morgan fingerprint density at radius 3 is 2.64 bits per heavy atom. The van der Waals surface area contributed by atoms with E-state index in [1.54, 1.807) is 0 Å². The van der Waals surface area contributed by atoms with Gasteiger partial charge in [-0.15, -0.1) is 0 Å². The van der Waals surface area contributed by atoms with Gasteiger partial charge in [0.15, 0.2) is 0 Å². The largest absolute Gasteiger partial charge is 0.492 e. The van der Waals surface area contributed by atoms with E-state index in [0.29, 0.717) is 19.4 Å². The number of aryl methyl sites for hydroxylation is 1. The molecule has 2 aromatic rings. The molecule has 0 bridgehead atoms. The highest BCUT2D eigenvalue weighted by molar-refractivity contribution is 14.1. The fourth-order valence-corrected chi connectivity index (χ4v) is 2.86. The van der Waals surface area contributed by atoms with Crippen LogP contribution in [0.2, 0.25) is 0 Å². The molecule has 0 saturated carbocycles. The van der Waals surface area contributed by atoms with E-state index in [1.807, 2.05) is 49.4 Å². The predicted molar refractivity (Wildman–Crippen MR) is 101 cm³/mol. The van der Waals surface area contributed by atoms with Gasteiger partial charge >= 0.3 is 0 Å². The minimum atomic E-state index is 0.00720. The second-order valence-electron chi connectivity index (χ2n) is 4.94. The Kier molecular flexibility index (Phi) is 6.70. The van der Waals surface area contributed by atoms with Crippen molar-refractivity contribution in [3.8, 4) is 5.75 Å². The summed E-state index contributed by atoms with van der Waals surface area (Å²) in [6.45, 7) is 2.55. The second kappa shape index (κ2) is 8.53. The normalized spacial score (nSPS) is 10.3. The van der Waals surface area contributed by atoms with Crippen LogP contribution in [-0.4, -0.2) is 12.5 Å². The molecule has 0 aliphatic heterocycles. The zero-order valence-electron chi connectivity index (χ0n) is 12.2. The van der Waals surface area contributed by atoms with E-state index in [0.717, 1.165) is 19.5 Å². The molecule has 0 heterocycles. The number of benzene rings is 2. The Bertz CT molecular complexity index is 644. The number of amides is 1.